The van der Waals surface area contributed by atoms with Gasteiger partial charge in [0.25, 0.3) is 0 Å². The SMILES string of the molecule is CC(=O)CCCNCCc1c(C)[nH]c2ccccc12. The molecule has 0 fully saturated rings. The molecule has 1 aromatic carbocycles. The predicted octanol–water partition coefficient (Wildman–Crippen LogP) is 2.98. The lowest BCUT2D eigenvalue weighted by atomic mass is 10.1. The third-order valence-corrected chi connectivity index (χ3v) is 3.46. The Morgan fingerprint density at radius 2 is 2.05 bits per heavy atom. The lowest BCUT2D eigenvalue weighted by Gasteiger charge is -2.04. The molecule has 2 rings (SSSR count). The Balaban J connectivity index is 1.84. The molecule has 0 saturated heterocycles. The fourth-order valence-electron chi connectivity index (χ4n) is 2.46. The summed E-state index contributed by atoms with van der Waals surface area (Å²) in [6, 6.07) is 8.43. The van der Waals surface area contributed by atoms with Crippen LogP contribution in [0.3, 0.4) is 0 Å². The second-order valence-corrected chi connectivity index (χ2v) is 5.08. The first-order chi connectivity index (χ1) is 9.18. The number of hydrogen-bond donors (Lipinski definition) is 2. The Hall–Kier alpha value is -1.61. The van der Waals surface area contributed by atoms with Crippen molar-refractivity contribution in [3.8, 4) is 0 Å². The third kappa shape index (κ3) is 3.67. The average Bonchev–Trinajstić information content (AvgIpc) is 2.69. The lowest BCUT2D eigenvalue weighted by Crippen LogP contribution is -2.19. The molecule has 0 atom stereocenters. The first-order valence-electron chi connectivity index (χ1n) is 6.95. The number of nitrogens with one attached hydrogen (secondary N) is 2. The highest BCUT2D eigenvalue weighted by Crippen LogP contribution is 2.21. The summed E-state index contributed by atoms with van der Waals surface area (Å²) in [5.74, 6) is 0.272. The van der Waals surface area contributed by atoms with E-state index in [9.17, 15) is 4.79 Å². The number of carbonyl (C=O) groups excluding carboxylic acids is 1. The zero-order valence-electron chi connectivity index (χ0n) is 11.8. The van der Waals surface area contributed by atoms with Gasteiger partial charge in [0, 0.05) is 23.0 Å². The highest BCUT2D eigenvalue weighted by molar-refractivity contribution is 5.84. The van der Waals surface area contributed by atoms with Gasteiger partial charge in [-0.1, -0.05) is 18.2 Å². The topological polar surface area (TPSA) is 44.9 Å². The molecule has 1 aromatic heterocycles. The highest BCUT2D eigenvalue weighted by atomic mass is 16.1. The number of Topliss-reactive ketones (excluding diaryl/α,β-unsaturated/α-hetero) is 1. The Kier molecular flexibility index (Phi) is 4.74. The van der Waals surface area contributed by atoms with Gasteiger partial charge in [-0.25, -0.2) is 0 Å². The van der Waals surface area contributed by atoms with Crippen LogP contribution in [0.1, 0.15) is 31.0 Å². The fraction of sp³-hybridized carbons (Fsp3) is 0.438. The molecule has 2 aromatic rings. The van der Waals surface area contributed by atoms with Gasteiger partial charge in [0.1, 0.15) is 5.78 Å². The number of aromatic amines is 1. The Bertz CT molecular complexity index is 557. The van der Waals surface area contributed by atoms with E-state index in [-0.39, 0.29) is 5.78 Å². The van der Waals surface area contributed by atoms with Crippen LogP contribution in [0.2, 0.25) is 0 Å². The van der Waals surface area contributed by atoms with E-state index in [1.807, 2.05) is 0 Å². The number of aryl methyl sites for hydroxylation is 1. The van der Waals surface area contributed by atoms with E-state index in [1.54, 1.807) is 6.92 Å². The van der Waals surface area contributed by atoms with Gasteiger partial charge in [0.15, 0.2) is 0 Å². The summed E-state index contributed by atoms with van der Waals surface area (Å²) in [6.07, 6.45) is 2.64. The molecule has 19 heavy (non-hydrogen) atoms. The molecule has 0 amide bonds. The van der Waals surface area contributed by atoms with Crippen LogP contribution >= 0.6 is 0 Å². The van der Waals surface area contributed by atoms with E-state index in [0.29, 0.717) is 6.42 Å². The van der Waals surface area contributed by atoms with E-state index in [1.165, 1.54) is 22.2 Å². The summed E-state index contributed by atoms with van der Waals surface area (Å²) in [4.78, 5) is 14.2. The summed E-state index contributed by atoms with van der Waals surface area (Å²) in [5, 5.41) is 4.73. The number of aromatic nitrogens is 1. The Labute approximate surface area is 114 Å². The van der Waals surface area contributed by atoms with Crippen LogP contribution in [-0.4, -0.2) is 23.9 Å². The molecule has 0 spiro atoms. The molecule has 102 valence electrons. The van der Waals surface area contributed by atoms with E-state index in [2.05, 4.69) is 41.5 Å². The summed E-state index contributed by atoms with van der Waals surface area (Å²) in [7, 11) is 0. The Morgan fingerprint density at radius 1 is 1.26 bits per heavy atom. The first kappa shape index (κ1) is 13.8. The molecule has 0 saturated carbocycles. The van der Waals surface area contributed by atoms with Gasteiger partial charge in [-0.2, -0.15) is 0 Å². The van der Waals surface area contributed by atoms with Crippen LogP contribution < -0.4 is 5.32 Å². The molecule has 2 N–H and O–H groups in total. The maximum Gasteiger partial charge on any atom is 0.129 e. The minimum absolute atomic E-state index is 0.272. The Morgan fingerprint density at radius 3 is 2.84 bits per heavy atom. The van der Waals surface area contributed by atoms with Gasteiger partial charge in [-0.05, 0) is 51.4 Å². The number of fused-ring (bicyclic) bond motifs is 1. The van der Waals surface area contributed by atoms with Gasteiger partial charge in [0.2, 0.25) is 0 Å². The van der Waals surface area contributed by atoms with Crippen molar-refractivity contribution in [2.24, 2.45) is 0 Å². The minimum Gasteiger partial charge on any atom is -0.358 e. The van der Waals surface area contributed by atoms with Gasteiger partial charge >= 0.3 is 0 Å². The molecule has 1 heterocycles. The van der Waals surface area contributed by atoms with Gasteiger partial charge < -0.3 is 15.1 Å². The van der Waals surface area contributed by atoms with Crippen molar-refractivity contribution in [2.75, 3.05) is 13.1 Å². The van der Waals surface area contributed by atoms with Crippen molar-refractivity contribution >= 4 is 16.7 Å². The van der Waals surface area contributed by atoms with E-state index in [0.717, 1.165) is 25.9 Å². The molecule has 0 aliphatic carbocycles. The quantitative estimate of drug-likeness (QED) is 0.750. The van der Waals surface area contributed by atoms with Crippen LogP contribution in [0.25, 0.3) is 10.9 Å². The molecular formula is C16H22N2O. The number of H-pyrrole nitrogens is 1. The number of ketones is 1. The van der Waals surface area contributed by atoms with E-state index < -0.39 is 0 Å². The standard InChI is InChI=1S/C16H22N2O/c1-12(19)6-5-10-17-11-9-14-13(2)18-16-8-4-3-7-15(14)16/h3-4,7-8,17-18H,5-6,9-11H2,1-2H3. The van der Waals surface area contributed by atoms with Crippen LogP contribution in [-0.2, 0) is 11.2 Å². The number of carbonyl (C=O) groups is 1. The van der Waals surface area contributed by atoms with Crippen LogP contribution in [0, 0.1) is 6.92 Å². The molecular weight excluding hydrogens is 236 g/mol. The normalized spacial score (nSPS) is 11.1. The molecule has 0 unspecified atom stereocenters. The maximum absolute atomic E-state index is 10.8. The molecule has 0 radical (unpaired) electrons. The van der Waals surface area contributed by atoms with Crippen molar-refractivity contribution in [2.45, 2.75) is 33.1 Å². The van der Waals surface area contributed by atoms with Crippen molar-refractivity contribution in [3.63, 3.8) is 0 Å². The first-order valence-corrected chi connectivity index (χ1v) is 6.95. The summed E-state index contributed by atoms with van der Waals surface area (Å²) >= 11 is 0. The minimum atomic E-state index is 0.272. The van der Waals surface area contributed by atoms with E-state index >= 15 is 0 Å². The third-order valence-electron chi connectivity index (χ3n) is 3.46. The monoisotopic (exact) mass is 258 g/mol. The highest BCUT2D eigenvalue weighted by Gasteiger charge is 2.06. The summed E-state index contributed by atoms with van der Waals surface area (Å²) < 4.78 is 0. The lowest BCUT2D eigenvalue weighted by molar-refractivity contribution is -0.117. The molecule has 0 aliphatic heterocycles. The van der Waals surface area contributed by atoms with Gasteiger partial charge in [-0.15, -0.1) is 0 Å². The van der Waals surface area contributed by atoms with Crippen LogP contribution in [0.5, 0.6) is 0 Å². The predicted molar refractivity (Wildman–Crippen MR) is 79.5 cm³/mol. The largest absolute Gasteiger partial charge is 0.358 e. The zero-order chi connectivity index (χ0) is 13.7. The molecule has 0 bridgehead atoms. The summed E-state index contributed by atoms with van der Waals surface area (Å²) in [5.41, 5.74) is 3.87. The molecule has 3 heteroatoms. The molecule has 0 aliphatic rings. The second-order valence-electron chi connectivity index (χ2n) is 5.08. The maximum atomic E-state index is 10.8. The van der Waals surface area contributed by atoms with Crippen molar-refractivity contribution < 1.29 is 4.79 Å². The average molecular weight is 258 g/mol. The smallest absolute Gasteiger partial charge is 0.129 e. The number of para-hydroxylation sites is 1. The van der Waals surface area contributed by atoms with Gasteiger partial charge in [-0.3, -0.25) is 0 Å². The number of hydrogen-bond acceptors (Lipinski definition) is 2. The fourth-order valence-corrected chi connectivity index (χ4v) is 2.46. The zero-order valence-corrected chi connectivity index (χ0v) is 11.8. The summed E-state index contributed by atoms with van der Waals surface area (Å²) in [6.45, 7) is 5.65. The van der Waals surface area contributed by atoms with Crippen LogP contribution in [0.15, 0.2) is 24.3 Å². The van der Waals surface area contributed by atoms with Crippen LogP contribution in [0.4, 0.5) is 0 Å². The second kappa shape index (κ2) is 6.53. The van der Waals surface area contributed by atoms with Crippen molar-refractivity contribution in [1.29, 1.82) is 0 Å². The molecule has 3 nitrogen and oxygen atoms in total. The van der Waals surface area contributed by atoms with Crippen molar-refractivity contribution in [1.82, 2.24) is 10.3 Å². The number of benzene rings is 1. The van der Waals surface area contributed by atoms with Crippen molar-refractivity contribution in [3.05, 3.63) is 35.5 Å². The number of rotatable bonds is 7. The van der Waals surface area contributed by atoms with E-state index in [4.69, 9.17) is 0 Å². The van der Waals surface area contributed by atoms with Gasteiger partial charge in [0.05, 0.1) is 0 Å².